The fourth-order valence-corrected chi connectivity index (χ4v) is 4.03. The first-order valence-corrected chi connectivity index (χ1v) is 8.52. The summed E-state index contributed by atoms with van der Waals surface area (Å²) >= 11 is 0. The molecule has 2 fully saturated rings. The highest BCUT2D eigenvalue weighted by Gasteiger charge is 2.40. The number of nitrogens with one attached hydrogen (secondary N) is 3. The summed E-state index contributed by atoms with van der Waals surface area (Å²) in [4.78, 5) is 17.4. The van der Waals surface area contributed by atoms with Crippen LogP contribution < -0.4 is 16.2 Å². The van der Waals surface area contributed by atoms with Gasteiger partial charge in [-0.05, 0) is 37.8 Å². The summed E-state index contributed by atoms with van der Waals surface area (Å²) in [6.07, 6.45) is 3.25. The lowest BCUT2D eigenvalue weighted by Gasteiger charge is -2.31. The Morgan fingerprint density at radius 1 is 1.39 bits per heavy atom. The van der Waals surface area contributed by atoms with Crippen LogP contribution in [-0.2, 0) is 11.3 Å². The highest BCUT2D eigenvalue weighted by molar-refractivity contribution is 5.93. The molecule has 1 saturated heterocycles. The van der Waals surface area contributed by atoms with Crippen LogP contribution in [0.1, 0.15) is 26.2 Å². The van der Waals surface area contributed by atoms with E-state index >= 15 is 0 Å². The number of rotatable bonds is 3. The highest BCUT2D eigenvalue weighted by Crippen LogP contribution is 2.32. The van der Waals surface area contributed by atoms with Crippen LogP contribution >= 0.6 is 0 Å². The van der Waals surface area contributed by atoms with Gasteiger partial charge in [0, 0.05) is 19.1 Å². The lowest BCUT2D eigenvalue weighted by atomic mass is 9.77. The Bertz CT molecular complexity index is 725. The number of aryl methyl sites for hydroxylation is 1. The number of amides is 1. The average Bonchev–Trinajstić information content (AvgIpc) is 3.18. The summed E-state index contributed by atoms with van der Waals surface area (Å²) in [7, 11) is 0. The lowest BCUT2D eigenvalue weighted by Crippen LogP contribution is -2.46. The molecule has 0 bridgehead atoms. The zero-order chi connectivity index (χ0) is 15.8. The van der Waals surface area contributed by atoms with Gasteiger partial charge in [-0.1, -0.05) is 18.6 Å². The number of para-hydroxylation sites is 2. The predicted molar refractivity (Wildman–Crippen MR) is 89.8 cm³/mol. The standard InChI is InChI=1S/C17H23N5O/c1-2-22-14-9-4-3-8-13(14)19-17(22)20-16(23)12-7-5-6-11-10-18-21-15(11)12/h3-4,8-9,11-12,15,18,21H,2,5-7,10H2,1H3,(H,19,20,23). The molecule has 1 amide bonds. The molecule has 2 heterocycles. The van der Waals surface area contributed by atoms with E-state index in [9.17, 15) is 4.79 Å². The largest absolute Gasteiger partial charge is 0.310 e. The Kier molecular flexibility index (Phi) is 3.79. The number of anilines is 1. The first-order valence-electron chi connectivity index (χ1n) is 8.52. The Hall–Kier alpha value is -1.92. The van der Waals surface area contributed by atoms with Crippen molar-refractivity contribution < 1.29 is 4.79 Å². The number of aromatic nitrogens is 2. The van der Waals surface area contributed by atoms with Gasteiger partial charge in [0.2, 0.25) is 11.9 Å². The van der Waals surface area contributed by atoms with Gasteiger partial charge in [-0.3, -0.25) is 21.0 Å². The van der Waals surface area contributed by atoms with Crippen molar-refractivity contribution in [1.29, 1.82) is 0 Å². The minimum absolute atomic E-state index is 0.00821. The lowest BCUT2D eigenvalue weighted by molar-refractivity contribution is -0.122. The van der Waals surface area contributed by atoms with Crippen LogP contribution in [0.25, 0.3) is 11.0 Å². The molecule has 1 aromatic carbocycles. The van der Waals surface area contributed by atoms with E-state index in [2.05, 4.69) is 32.6 Å². The third kappa shape index (κ3) is 2.52. The molecule has 0 radical (unpaired) electrons. The van der Waals surface area contributed by atoms with Crippen LogP contribution in [0, 0.1) is 11.8 Å². The number of hydrogen-bond donors (Lipinski definition) is 3. The minimum atomic E-state index is 0.00821. The molecular formula is C17H23N5O. The summed E-state index contributed by atoms with van der Waals surface area (Å²) in [5, 5.41) is 3.08. The average molecular weight is 313 g/mol. The second kappa shape index (κ2) is 5.94. The van der Waals surface area contributed by atoms with Gasteiger partial charge < -0.3 is 4.57 Å². The maximum atomic E-state index is 12.8. The van der Waals surface area contributed by atoms with Crippen molar-refractivity contribution in [3.05, 3.63) is 24.3 Å². The maximum Gasteiger partial charge on any atom is 0.231 e. The summed E-state index contributed by atoms with van der Waals surface area (Å²) in [5.74, 6) is 1.31. The van der Waals surface area contributed by atoms with Gasteiger partial charge in [-0.25, -0.2) is 4.98 Å². The summed E-state index contributed by atoms with van der Waals surface area (Å²) in [5.41, 5.74) is 8.48. The molecule has 0 spiro atoms. The van der Waals surface area contributed by atoms with Crippen LogP contribution in [0.2, 0.25) is 0 Å². The van der Waals surface area contributed by atoms with Gasteiger partial charge in [0.1, 0.15) is 0 Å². The van der Waals surface area contributed by atoms with Crippen LogP contribution in [0.4, 0.5) is 5.95 Å². The molecular weight excluding hydrogens is 290 g/mol. The smallest absolute Gasteiger partial charge is 0.231 e. The third-order valence-electron chi connectivity index (χ3n) is 5.21. The number of benzene rings is 1. The molecule has 6 heteroatoms. The van der Waals surface area contributed by atoms with Crippen molar-refractivity contribution >= 4 is 22.9 Å². The second-order valence-corrected chi connectivity index (χ2v) is 6.51. The molecule has 1 saturated carbocycles. The highest BCUT2D eigenvalue weighted by atomic mass is 16.2. The van der Waals surface area contributed by atoms with Crippen LogP contribution in [0.15, 0.2) is 24.3 Å². The van der Waals surface area contributed by atoms with Gasteiger partial charge in [-0.2, -0.15) is 0 Å². The molecule has 2 aromatic rings. The van der Waals surface area contributed by atoms with Gasteiger partial charge >= 0.3 is 0 Å². The van der Waals surface area contributed by atoms with E-state index in [0.29, 0.717) is 11.9 Å². The van der Waals surface area contributed by atoms with E-state index in [4.69, 9.17) is 0 Å². The number of hydrazine groups is 1. The SMILES string of the molecule is CCn1c(NC(=O)C2CCCC3CNNC32)nc2ccccc21. The molecule has 3 atom stereocenters. The monoisotopic (exact) mass is 313 g/mol. The number of fused-ring (bicyclic) bond motifs is 2. The first-order chi connectivity index (χ1) is 11.3. The number of nitrogens with zero attached hydrogens (tertiary/aromatic N) is 2. The van der Waals surface area contributed by atoms with E-state index in [0.717, 1.165) is 37.0 Å². The molecule has 3 N–H and O–H groups in total. The van der Waals surface area contributed by atoms with E-state index in [1.165, 1.54) is 6.42 Å². The Labute approximate surface area is 135 Å². The molecule has 1 aliphatic heterocycles. The van der Waals surface area contributed by atoms with E-state index in [1.54, 1.807) is 0 Å². The molecule has 2 aliphatic rings. The van der Waals surface area contributed by atoms with Crippen molar-refractivity contribution in [3.63, 3.8) is 0 Å². The third-order valence-corrected chi connectivity index (χ3v) is 5.21. The van der Waals surface area contributed by atoms with E-state index in [-0.39, 0.29) is 17.9 Å². The molecule has 23 heavy (non-hydrogen) atoms. The normalized spacial score (nSPS) is 27.1. The van der Waals surface area contributed by atoms with Gasteiger partial charge in [0.05, 0.1) is 17.0 Å². The fraction of sp³-hybridized carbons (Fsp3) is 0.529. The summed E-state index contributed by atoms with van der Waals surface area (Å²) in [6.45, 7) is 3.82. The summed E-state index contributed by atoms with van der Waals surface area (Å²) < 4.78 is 2.06. The predicted octanol–water partition coefficient (Wildman–Crippen LogP) is 1.89. The quantitative estimate of drug-likeness (QED) is 0.809. The molecule has 1 aliphatic carbocycles. The van der Waals surface area contributed by atoms with Crippen LogP contribution in [0.3, 0.4) is 0 Å². The minimum Gasteiger partial charge on any atom is -0.310 e. The van der Waals surface area contributed by atoms with Gasteiger partial charge in [0.25, 0.3) is 0 Å². The van der Waals surface area contributed by atoms with Crippen LogP contribution in [0.5, 0.6) is 0 Å². The topological polar surface area (TPSA) is 71.0 Å². The van der Waals surface area contributed by atoms with Crippen molar-refractivity contribution in [2.24, 2.45) is 11.8 Å². The maximum absolute atomic E-state index is 12.8. The Balaban J connectivity index is 1.59. The number of carbonyl (C=O) groups is 1. The fourth-order valence-electron chi connectivity index (χ4n) is 4.03. The van der Waals surface area contributed by atoms with Gasteiger partial charge in [0.15, 0.2) is 0 Å². The number of imidazole rings is 1. The molecule has 1 aromatic heterocycles. The zero-order valence-corrected chi connectivity index (χ0v) is 13.4. The van der Waals surface area contributed by atoms with Crippen molar-refractivity contribution in [3.8, 4) is 0 Å². The number of carbonyl (C=O) groups excluding carboxylic acids is 1. The summed E-state index contributed by atoms with van der Waals surface area (Å²) in [6, 6.07) is 8.24. The van der Waals surface area contributed by atoms with E-state index < -0.39 is 0 Å². The molecule has 4 rings (SSSR count). The van der Waals surface area contributed by atoms with Gasteiger partial charge in [-0.15, -0.1) is 0 Å². The van der Waals surface area contributed by atoms with Crippen LogP contribution in [-0.4, -0.2) is 28.0 Å². The number of hydrogen-bond acceptors (Lipinski definition) is 4. The van der Waals surface area contributed by atoms with Crippen molar-refractivity contribution in [2.75, 3.05) is 11.9 Å². The van der Waals surface area contributed by atoms with Crippen molar-refractivity contribution in [1.82, 2.24) is 20.4 Å². The zero-order valence-electron chi connectivity index (χ0n) is 13.4. The second-order valence-electron chi connectivity index (χ2n) is 6.51. The Morgan fingerprint density at radius 2 is 2.26 bits per heavy atom. The molecule has 6 nitrogen and oxygen atoms in total. The molecule has 3 unspecified atom stereocenters. The van der Waals surface area contributed by atoms with Crippen molar-refractivity contribution in [2.45, 2.75) is 38.8 Å². The van der Waals surface area contributed by atoms with E-state index in [1.807, 2.05) is 24.3 Å². The molecule has 122 valence electrons. The first kappa shape index (κ1) is 14.7. The Morgan fingerprint density at radius 3 is 3.13 bits per heavy atom.